The summed E-state index contributed by atoms with van der Waals surface area (Å²) in [6, 6.07) is 8.97. The molecule has 1 heterocycles. The fraction of sp³-hybridized carbons (Fsp3) is 0.0667. The molecular formula is C15H9N5O3S. The van der Waals surface area contributed by atoms with Gasteiger partial charge in [0.15, 0.2) is 5.16 Å². The van der Waals surface area contributed by atoms with Crippen LogP contribution in [0.15, 0.2) is 44.7 Å². The summed E-state index contributed by atoms with van der Waals surface area (Å²) < 4.78 is 0. The van der Waals surface area contributed by atoms with Gasteiger partial charge in [-0.05, 0) is 36.4 Å². The van der Waals surface area contributed by atoms with Crippen molar-refractivity contribution in [2.45, 2.75) is 17.0 Å². The molecule has 1 N–H and O–H groups in total. The second-order valence-electron chi connectivity index (χ2n) is 4.56. The molecule has 0 amide bonds. The van der Waals surface area contributed by atoms with E-state index in [-0.39, 0.29) is 26.9 Å². The number of H-pyrrole nitrogens is 1. The quantitative estimate of drug-likeness (QED) is 0.391. The number of rotatable bonds is 4. The molecule has 0 fully saturated rings. The summed E-state index contributed by atoms with van der Waals surface area (Å²) in [6.07, 6.45) is 1.26. The van der Waals surface area contributed by atoms with E-state index in [1.165, 1.54) is 30.3 Å². The van der Waals surface area contributed by atoms with Crippen LogP contribution in [0.1, 0.15) is 11.3 Å². The van der Waals surface area contributed by atoms with Gasteiger partial charge in [-0.1, -0.05) is 6.07 Å². The van der Waals surface area contributed by atoms with E-state index < -0.39 is 4.92 Å². The van der Waals surface area contributed by atoms with Crippen molar-refractivity contribution < 1.29 is 4.92 Å². The lowest BCUT2D eigenvalue weighted by Gasteiger charge is -2.04. The Morgan fingerprint density at radius 2 is 2.08 bits per heavy atom. The molecule has 0 aliphatic rings. The van der Waals surface area contributed by atoms with Gasteiger partial charge in [0.2, 0.25) is 0 Å². The summed E-state index contributed by atoms with van der Waals surface area (Å²) in [4.78, 5) is 29.0. The number of nitro benzene ring substituents is 1. The van der Waals surface area contributed by atoms with Crippen molar-refractivity contribution in [3.05, 3.63) is 61.6 Å². The van der Waals surface area contributed by atoms with Crippen LogP contribution < -0.4 is 5.56 Å². The third kappa shape index (κ3) is 4.06. The SMILES string of the molecule is Cc1cc(=O)[nH]c(Sc2ccc(C=C(C#N)C#N)cc2[N+](=O)[O-])n1. The van der Waals surface area contributed by atoms with Gasteiger partial charge in [0.25, 0.3) is 11.2 Å². The van der Waals surface area contributed by atoms with Crippen LogP contribution in [0.2, 0.25) is 0 Å². The molecule has 9 heteroatoms. The van der Waals surface area contributed by atoms with E-state index in [4.69, 9.17) is 10.5 Å². The van der Waals surface area contributed by atoms with Gasteiger partial charge in [0.1, 0.15) is 17.7 Å². The first kappa shape index (κ1) is 16.9. The van der Waals surface area contributed by atoms with Crippen LogP contribution in [0.25, 0.3) is 6.08 Å². The zero-order valence-electron chi connectivity index (χ0n) is 12.3. The lowest BCUT2D eigenvalue weighted by molar-refractivity contribution is -0.387. The van der Waals surface area contributed by atoms with E-state index in [0.717, 1.165) is 11.8 Å². The summed E-state index contributed by atoms with van der Waals surface area (Å²) >= 11 is 0.951. The highest BCUT2D eigenvalue weighted by atomic mass is 32.2. The smallest absolute Gasteiger partial charge is 0.283 e. The fourth-order valence-electron chi connectivity index (χ4n) is 1.81. The Morgan fingerprint density at radius 3 is 2.67 bits per heavy atom. The molecule has 2 aromatic rings. The minimum Gasteiger partial charge on any atom is -0.301 e. The van der Waals surface area contributed by atoms with E-state index in [1.807, 2.05) is 0 Å². The Bertz CT molecular complexity index is 966. The van der Waals surface area contributed by atoms with Gasteiger partial charge in [-0.2, -0.15) is 10.5 Å². The number of nitro groups is 1. The maximum atomic E-state index is 11.4. The van der Waals surface area contributed by atoms with Crippen LogP contribution in [-0.2, 0) is 0 Å². The van der Waals surface area contributed by atoms with Crippen molar-refractivity contribution in [3.63, 3.8) is 0 Å². The van der Waals surface area contributed by atoms with Crippen LogP contribution in [-0.4, -0.2) is 14.9 Å². The normalized spacial score (nSPS) is 9.62. The maximum absolute atomic E-state index is 11.4. The highest BCUT2D eigenvalue weighted by Gasteiger charge is 2.17. The summed E-state index contributed by atoms with van der Waals surface area (Å²) in [5.41, 5.74) is 0.133. The van der Waals surface area contributed by atoms with E-state index >= 15 is 0 Å². The molecule has 1 aromatic heterocycles. The third-order valence-corrected chi connectivity index (χ3v) is 3.74. The van der Waals surface area contributed by atoms with Crippen LogP contribution in [0.4, 0.5) is 5.69 Å². The number of allylic oxidation sites excluding steroid dienone is 1. The average Bonchev–Trinajstić information content (AvgIpc) is 2.52. The van der Waals surface area contributed by atoms with Crippen molar-refractivity contribution in [1.82, 2.24) is 9.97 Å². The first-order valence-corrected chi connectivity index (χ1v) is 7.30. The molecule has 0 saturated carbocycles. The summed E-state index contributed by atoms with van der Waals surface area (Å²) in [7, 11) is 0. The lowest BCUT2D eigenvalue weighted by atomic mass is 10.1. The molecule has 0 radical (unpaired) electrons. The monoisotopic (exact) mass is 339 g/mol. The first-order chi connectivity index (χ1) is 11.4. The van der Waals surface area contributed by atoms with E-state index in [1.54, 1.807) is 19.1 Å². The molecule has 0 atom stereocenters. The largest absolute Gasteiger partial charge is 0.301 e. The van der Waals surface area contributed by atoms with Gasteiger partial charge in [0.05, 0.1) is 9.82 Å². The van der Waals surface area contributed by atoms with E-state index in [0.29, 0.717) is 11.3 Å². The zero-order chi connectivity index (χ0) is 17.7. The van der Waals surface area contributed by atoms with Gasteiger partial charge in [-0.15, -0.1) is 0 Å². The molecule has 118 valence electrons. The number of benzene rings is 1. The van der Waals surface area contributed by atoms with Crippen molar-refractivity contribution in [2.75, 3.05) is 0 Å². The molecule has 0 bridgehead atoms. The first-order valence-electron chi connectivity index (χ1n) is 6.49. The van der Waals surface area contributed by atoms with Gasteiger partial charge in [-0.25, -0.2) is 4.98 Å². The number of aromatic nitrogens is 2. The highest BCUT2D eigenvalue weighted by molar-refractivity contribution is 7.99. The summed E-state index contributed by atoms with van der Waals surface area (Å²) in [5, 5.41) is 29.0. The van der Waals surface area contributed by atoms with Crippen LogP contribution in [0, 0.1) is 39.7 Å². The van der Waals surface area contributed by atoms with E-state index in [2.05, 4.69) is 9.97 Å². The highest BCUT2D eigenvalue weighted by Crippen LogP contribution is 2.33. The number of nitrogens with one attached hydrogen (secondary N) is 1. The fourth-order valence-corrected chi connectivity index (χ4v) is 2.74. The van der Waals surface area contributed by atoms with Gasteiger partial charge < -0.3 is 4.98 Å². The molecule has 0 aliphatic heterocycles. The van der Waals surface area contributed by atoms with Crippen LogP contribution in [0.3, 0.4) is 0 Å². The molecule has 2 rings (SSSR count). The molecule has 24 heavy (non-hydrogen) atoms. The van der Waals surface area contributed by atoms with E-state index in [9.17, 15) is 14.9 Å². The number of nitriles is 2. The van der Waals surface area contributed by atoms with Gasteiger partial charge in [0, 0.05) is 17.8 Å². The maximum Gasteiger partial charge on any atom is 0.283 e. The summed E-state index contributed by atoms with van der Waals surface area (Å²) in [6.45, 7) is 1.65. The lowest BCUT2D eigenvalue weighted by Crippen LogP contribution is -2.08. The molecular weight excluding hydrogens is 330 g/mol. The summed E-state index contributed by atoms with van der Waals surface area (Å²) in [5.74, 6) is 0. The second-order valence-corrected chi connectivity index (χ2v) is 5.59. The standard InChI is InChI=1S/C15H9N5O3S/c1-9-4-14(21)19-15(18-9)24-13-3-2-10(5-11(7-16)8-17)6-12(13)20(22)23/h2-6H,1H3,(H,18,19,21). The number of aryl methyl sites for hydroxylation is 1. The zero-order valence-corrected chi connectivity index (χ0v) is 13.1. The second kappa shape index (κ2) is 7.22. The number of hydrogen-bond acceptors (Lipinski definition) is 7. The molecule has 1 aromatic carbocycles. The predicted octanol–water partition coefficient (Wildman–Crippen LogP) is 2.57. The number of aromatic amines is 1. The van der Waals surface area contributed by atoms with Crippen molar-refractivity contribution in [3.8, 4) is 12.1 Å². The Kier molecular flexibility index (Phi) is 5.09. The minimum absolute atomic E-state index is 0.158. The predicted molar refractivity (Wildman–Crippen MR) is 86.0 cm³/mol. The van der Waals surface area contributed by atoms with Crippen molar-refractivity contribution >= 4 is 23.5 Å². The third-order valence-electron chi connectivity index (χ3n) is 2.79. The Morgan fingerprint density at radius 1 is 1.38 bits per heavy atom. The Labute approximate surface area is 140 Å². The Balaban J connectivity index is 2.46. The molecule has 0 spiro atoms. The Hall–Kier alpha value is -3.43. The topological polar surface area (TPSA) is 136 Å². The average molecular weight is 339 g/mol. The number of nitrogens with zero attached hydrogens (tertiary/aromatic N) is 4. The van der Waals surface area contributed by atoms with Crippen molar-refractivity contribution in [2.24, 2.45) is 0 Å². The van der Waals surface area contributed by atoms with Gasteiger partial charge >= 0.3 is 0 Å². The van der Waals surface area contributed by atoms with Crippen LogP contribution >= 0.6 is 11.8 Å². The number of hydrogen-bond donors (Lipinski definition) is 1. The molecule has 0 saturated heterocycles. The van der Waals surface area contributed by atoms with Crippen LogP contribution in [0.5, 0.6) is 0 Å². The van der Waals surface area contributed by atoms with Crippen molar-refractivity contribution in [1.29, 1.82) is 10.5 Å². The molecule has 0 unspecified atom stereocenters. The van der Waals surface area contributed by atoms with Gasteiger partial charge in [-0.3, -0.25) is 14.9 Å². The molecule has 8 nitrogen and oxygen atoms in total. The minimum atomic E-state index is -0.577. The molecule has 0 aliphatic carbocycles.